The van der Waals surface area contributed by atoms with Crippen LogP contribution in [-0.4, -0.2) is 15.6 Å². The number of carbonyl (C=O) groups is 1. The first-order valence-electron chi connectivity index (χ1n) is 10.7. The van der Waals surface area contributed by atoms with Crippen molar-refractivity contribution in [2.24, 2.45) is 0 Å². The molecule has 0 unspecified atom stereocenters. The Hall–Kier alpha value is -3.64. The van der Waals surface area contributed by atoms with Gasteiger partial charge in [-0.05, 0) is 35.6 Å². The smallest absolute Gasteiger partial charge is 0.277 e. The van der Waals surface area contributed by atoms with Gasteiger partial charge < -0.3 is 5.32 Å². The summed E-state index contributed by atoms with van der Waals surface area (Å²) in [5, 5.41) is 8.76. The molecule has 2 atom stereocenters. The molecule has 2 aromatic carbocycles. The van der Waals surface area contributed by atoms with Gasteiger partial charge in [-0.25, -0.2) is 4.68 Å². The lowest BCUT2D eigenvalue weighted by molar-refractivity contribution is -0.116. The standard InChI is InChI=1S/C26H21N3O2S/c30-20-15-17(21-12-7-13-32-21)14-19-23(20)22(16-8-3-1-4-9-16)24-25(27-19)28-29(26(24)31)18-10-5-2-6-11-18/h1-13,17,22,27-28H,14-15H2/t17-,22-/m1/s1. The topological polar surface area (TPSA) is 66.9 Å². The molecule has 0 bridgehead atoms. The molecule has 1 aliphatic carbocycles. The summed E-state index contributed by atoms with van der Waals surface area (Å²) in [5.74, 6) is 0.567. The molecule has 0 fully saturated rings. The second-order valence-corrected chi connectivity index (χ2v) is 9.26. The van der Waals surface area contributed by atoms with Crippen LogP contribution in [-0.2, 0) is 4.79 Å². The predicted molar refractivity (Wildman–Crippen MR) is 127 cm³/mol. The maximum atomic E-state index is 13.6. The number of Topliss-reactive ketones (excluding diaryl/α,β-unsaturated/α-hetero) is 1. The number of H-pyrrole nitrogens is 1. The number of aromatic nitrogens is 2. The second kappa shape index (κ2) is 7.50. The van der Waals surface area contributed by atoms with Crippen LogP contribution >= 0.6 is 11.3 Å². The number of benzene rings is 2. The quantitative estimate of drug-likeness (QED) is 0.462. The summed E-state index contributed by atoms with van der Waals surface area (Å²) in [6, 6.07) is 23.5. The Labute approximate surface area is 189 Å². The Kier molecular flexibility index (Phi) is 4.47. The van der Waals surface area contributed by atoms with Gasteiger partial charge in [0.25, 0.3) is 5.56 Å². The lowest BCUT2D eigenvalue weighted by Crippen LogP contribution is -2.31. The van der Waals surface area contributed by atoms with E-state index in [1.54, 1.807) is 16.0 Å². The van der Waals surface area contributed by atoms with Crippen LogP contribution in [0.2, 0.25) is 0 Å². The molecule has 0 radical (unpaired) electrons. The summed E-state index contributed by atoms with van der Waals surface area (Å²) >= 11 is 1.69. The maximum absolute atomic E-state index is 13.6. The minimum atomic E-state index is -0.382. The third kappa shape index (κ3) is 2.99. The molecule has 2 aromatic heterocycles. The Bertz CT molecular complexity index is 1380. The summed E-state index contributed by atoms with van der Waals surface area (Å²) < 4.78 is 1.56. The minimum absolute atomic E-state index is 0.114. The van der Waals surface area contributed by atoms with Crippen molar-refractivity contribution >= 4 is 22.9 Å². The molecule has 5 nitrogen and oxygen atoms in total. The fourth-order valence-electron chi connectivity index (χ4n) is 4.96. The summed E-state index contributed by atoms with van der Waals surface area (Å²) in [6.45, 7) is 0. The number of anilines is 1. The Morgan fingerprint density at radius 3 is 2.34 bits per heavy atom. The molecule has 4 aromatic rings. The highest BCUT2D eigenvalue weighted by molar-refractivity contribution is 7.10. The molecule has 0 saturated carbocycles. The van der Waals surface area contributed by atoms with Gasteiger partial charge in [0.15, 0.2) is 5.78 Å². The zero-order chi connectivity index (χ0) is 21.7. The zero-order valence-electron chi connectivity index (χ0n) is 17.2. The van der Waals surface area contributed by atoms with Gasteiger partial charge in [-0.3, -0.25) is 14.7 Å². The van der Waals surface area contributed by atoms with Crippen molar-refractivity contribution in [2.75, 3.05) is 5.32 Å². The summed E-state index contributed by atoms with van der Waals surface area (Å²) in [7, 11) is 0. The molecule has 2 N–H and O–H groups in total. The molecule has 158 valence electrons. The van der Waals surface area contributed by atoms with E-state index >= 15 is 0 Å². The monoisotopic (exact) mass is 439 g/mol. The molecular formula is C26H21N3O2S. The number of allylic oxidation sites excluding steroid dienone is 2. The average molecular weight is 440 g/mol. The molecule has 1 aliphatic heterocycles. The fraction of sp³-hybridized carbons (Fsp3) is 0.154. The molecule has 3 heterocycles. The Morgan fingerprint density at radius 2 is 1.62 bits per heavy atom. The van der Waals surface area contributed by atoms with Gasteiger partial charge in [-0.15, -0.1) is 11.3 Å². The molecule has 0 amide bonds. The van der Waals surface area contributed by atoms with Crippen molar-refractivity contribution in [3.8, 4) is 5.69 Å². The van der Waals surface area contributed by atoms with E-state index in [9.17, 15) is 9.59 Å². The number of nitrogens with one attached hydrogen (secondary N) is 2. The third-order valence-electron chi connectivity index (χ3n) is 6.38. The Balaban J connectivity index is 1.53. The van der Waals surface area contributed by atoms with Gasteiger partial charge in [0.05, 0.1) is 11.3 Å². The number of fused-ring (bicyclic) bond motifs is 1. The second-order valence-electron chi connectivity index (χ2n) is 8.28. The molecule has 2 aliphatic rings. The van der Waals surface area contributed by atoms with Gasteiger partial charge >= 0.3 is 0 Å². The van der Waals surface area contributed by atoms with Crippen LogP contribution in [0.1, 0.15) is 40.7 Å². The SMILES string of the molecule is O=C1C[C@H](c2cccs2)CC2=C1[C@@H](c1ccccc1)c1c([nH]n(-c3ccccc3)c1=O)N2. The summed E-state index contributed by atoms with van der Waals surface area (Å²) in [6.07, 6.45) is 1.22. The van der Waals surface area contributed by atoms with E-state index in [0.717, 1.165) is 28.9 Å². The number of hydrogen-bond acceptors (Lipinski definition) is 4. The zero-order valence-corrected chi connectivity index (χ0v) is 18.1. The van der Waals surface area contributed by atoms with Crippen LogP contribution in [0.25, 0.3) is 5.69 Å². The largest absolute Gasteiger partial charge is 0.343 e. The first kappa shape index (κ1) is 19.1. The summed E-state index contributed by atoms with van der Waals surface area (Å²) in [5.41, 5.74) is 3.84. The number of rotatable bonds is 3. The molecular weight excluding hydrogens is 418 g/mol. The van der Waals surface area contributed by atoms with Gasteiger partial charge in [-0.2, -0.15) is 0 Å². The van der Waals surface area contributed by atoms with Crippen molar-refractivity contribution < 1.29 is 4.79 Å². The van der Waals surface area contributed by atoms with Crippen LogP contribution in [0.5, 0.6) is 0 Å². The number of aromatic amines is 1. The first-order valence-corrected chi connectivity index (χ1v) is 11.6. The van der Waals surface area contributed by atoms with Gasteiger partial charge in [0, 0.05) is 34.4 Å². The van der Waals surface area contributed by atoms with E-state index in [2.05, 4.69) is 21.9 Å². The lowest BCUT2D eigenvalue weighted by atomic mass is 9.74. The van der Waals surface area contributed by atoms with Crippen molar-refractivity contribution in [3.05, 3.63) is 116 Å². The van der Waals surface area contributed by atoms with E-state index in [1.165, 1.54) is 4.88 Å². The number of nitrogens with zero attached hydrogens (tertiary/aromatic N) is 1. The number of hydrogen-bond donors (Lipinski definition) is 2. The highest BCUT2D eigenvalue weighted by Gasteiger charge is 2.41. The van der Waals surface area contributed by atoms with Crippen LogP contribution in [0.15, 0.2) is 94.2 Å². The molecule has 6 rings (SSSR count). The molecule has 0 spiro atoms. The highest BCUT2D eigenvalue weighted by Crippen LogP contribution is 2.47. The van der Waals surface area contributed by atoms with Crippen LogP contribution < -0.4 is 10.9 Å². The molecule has 32 heavy (non-hydrogen) atoms. The van der Waals surface area contributed by atoms with Crippen LogP contribution in [0, 0.1) is 0 Å². The third-order valence-corrected chi connectivity index (χ3v) is 7.42. The fourth-order valence-corrected chi connectivity index (χ4v) is 5.79. The van der Waals surface area contributed by atoms with E-state index in [-0.39, 0.29) is 23.2 Å². The average Bonchev–Trinajstić information content (AvgIpc) is 3.47. The number of ketones is 1. The molecule has 0 saturated heterocycles. The normalized spacial score (nSPS) is 19.9. The lowest BCUT2D eigenvalue weighted by Gasteiger charge is -2.34. The van der Waals surface area contributed by atoms with Crippen molar-refractivity contribution in [1.29, 1.82) is 0 Å². The van der Waals surface area contributed by atoms with Gasteiger partial charge in [0.1, 0.15) is 5.82 Å². The first-order chi connectivity index (χ1) is 15.7. The van der Waals surface area contributed by atoms with E-state index in [0.29, 0.717) is 17.8 Å². The maximum Gasteiger partial charge on any atom is 0.277 e. The highest BCUT2D eigenvalue weighted by atomic mass is 32.1. The van der Waals surface area contributed by atoms with Crippen LogP contribution in [0.3, 0.4) is 0 Å². The van der Waals surface area contributed by atoms with Crippen molar-refractivity contribution in [3.63, 3.8) is 0 Å². The number of thiophene rings is 1. The van der Waals surface area contributed by atoms with Gasteiger partial charge in [-0.1, -0.05) is 54.6 Å². The Morgan fingerprint density at radius 1 is 0.875 bits per heavy atom. The van der Waals surface area contributed by atoms with E-state index in [1.807, 2.05) is 66.7 Å². The van der Waals surface area contributed by atoms with Crippen molar-refractivity contribution in [1.82, 2.24) is 9.78 Å². The number of carbonyl (C=O) groups excluding carboxylic acids is 1. The minimum Gasteiger partial charge on any atom is -0.343 e. The summed E-state index contributed by atoms with van der Waals surface area (Å²) in [4.78, 5) is 28.3. The predicted octanol–water partition coefficient (Wildman–Crippen LogP) is 5.19. The van der Waals surface area contributed by atoms with Crippen molar-refractivity contribution in [2.45, 2.75) is 24.7 Å². The number of para-hydroxylation sites is 1. The van der Waals surface area contributed by atoms with Crippen LogP contribution in [0.4, 0.5) is 5.82 Å². The van der Waals surface area contributed by atoms with E-state index < -0.39 is 0 Å². The van der Waals surface area contributed by atoms with Gasteiger partial charge in [0.2, 0.25) is 0 Å². The van der Waals surface area contributed by atoms with E-state index in [4.69, 9.17) is 0 Å². The molecule has 6 heteroatoms.